The van der Waals surface area contributed by atoms with E-state index in [0.29, 0.717) is 17.3 Å². The molecule has 0 saturated carbocycles. The Bertz CT molecular complexity index is 725. The molecule has 2 unspecified atom stereocenters. The third kappa shape index (κ3) is 2.84. The Morgan fingerprint density at radius 3 is 2.65 bits per heavy atom. The number of phenols is 1. The number of anilines is 1. The number of nitrogens with one attached hydrogen (secondary N) is 2. The molecule has 2 heterocycles. The van der Waals surface area contributed by atoms with Gasteiger partial charge in [-0.05, 0) is 30.7 Å². The fraction of sp³-hybridized carbons (Fsp3) is 0.462. The van der Waals surface area contributed by atoms with E-state index in [4.69, 9.17) is 0 Å². The molecule has 2 aliphatic rings. The summed E-state index contributed by atoms with van der Waals surface area (Å²) in [7, 11) is -4.22. The SMILES string of the molecule is O=C1CN(c2c(O)cc(C(O)C3CCNC3)cc2F)S(=O)(=O)N1. The molecule has 0 spiro atoms. The van der Waals surface area contributed by atoms with Gasteiger partial charge in [0.1, 0.15) is 18.0 Å². The van der Waals surface area contributed by atoms with Gasteiger partial charge in [0.25, 0.3) is 5.91 Å². The monoisotopic (exact) mass is 345 g/mol. The molecule has 10 heteroatoms. The van der Waals surface area contributed by atoms with E-state index in [1.165, 1.54) is 0 Å². The molecule has 4 N–H and O–H groups in total. The zero-order chi connectivity index (χ0) is 16.8. The largest absolute Gasteiger partial charge is 0.506 e. The highest BCUT2D eigenvalue weighted by Crippen LogP contribution is 2.37. The van der Waals surface area contributed by atoms with Crippen molar-refractivity contribution >= 4 is 21.8 Å². The highest BCUT2D eigenvalue weighted by atomic mass is 32.2. The summed E-state index contributed by atoms with van der Waals surface area (Å²) in [6.07, 6.45) is -0.265. The van der Waals surface area contributed by atoms with Gasteiger partial charge in [-0.2, -0.15) is 8.42 Å². The van der Waals surface area contributed by atoms with E-state index in [2.05, 4.69) is 5.32 Å². The Labute approximate surface area is 132 Å². The fourth-order valence-electron chi connectivity index (χ4n) is 2.89. The van der Waals surface area contributed by atoms with Crippen LogP contribution >= 0.6 is 0 Å². The third-order valence-corrected chi connectivity index (χ3v) is 5.40. The molecule has 0 aliphatic carbocycles. The highest BCUT2D eigenvalue weighted by Gasteiger charge is 2.38. The Hall–Kier alpha value is -1.91. The number of phenolic OH excluding ortho intramolecular Hbond substituents is 1. The van der Waals surface area contributed by atoms with Crippen molar-refractivity contribution in [3.63, 3.8) is 0 Å². The Morgan fingerprint density at radius 2 is 2.13 bits per heavy atom. The van der Waals surface area contributed by atoms with Crippen molar-refractivity contribution in [3.8, 4) is 5.75 Å². The standard InChI is InChI=1S/C13H16FN3O5S/c14-9-3-8(13(20)7-1-2-15-5-7)4-10(18)12(9)17-6-11(19)16-23(17,21)22/h3-4,7,13,15,18,20H,1-2,5-6H2,(H,16,19). The maximum atomic E-state index is 14.3. The molecule has 1 aromatic rings. The number of halogens is 1. The second kappa shape index (κ2) is 5.62. The Kier molecular flexibility index (Phi) is 3.90. The molecule has 2 atom stereocenters. The molecule has 2 saturated heterocycles. The molecule has 2 fully saturated rings. The van der Waals surface area contributed by atoms with Crippen LogP contribution in [0.3, 0.4) is 0 Å². The second-order valence-corrected chi connectivity index (χ2v) is 7.20. The van der Waals surface area contributed by atoms with E-state index in [1.807, 2.05) is 0 Å². The summed E-state index contributed by atoms with van der Waals surface area (Å²) >= 11 is 0. The molecule has 0 bridgehead atoms. The van der Waals surface area contributed by atoms with Gasteiger partial charge in [-0.1, -0.05) is 0 Å². The van der Waals surface area contributed by atoms with Crippen LogP contribution in [0.5, 0.6) is 5.75 Å². The first-order valence-corrected chi connectivity index (χ1v) is 8.48. The van der Waals surface area contributed by atoms with E-state index in [-0.39, 0.29) is 11.5 Å². The molecular weight excluding hydrogens is 329 g/mol. The van der Waals surface area contributed by atoms with Crippen molar-refractivity contribution in [1.29, 1.82) is 0 Å². The van der Waals surface area contributed by atoms with Crippen molar-refractivity contribution < 1.29 is 27.8 Å². The molecular formula is C13H16FN3O5S. The van der Waals surface area contributed by atoms with Crippen molar-refractivity contribution in [1.82, 2.24) is 10.0 Å². The summed E-state index contributed by atoms with van der Waals surface area (Å²) in [4.78, 5) is 11.2. The lowest BCUT2D eigenvalue weighted by atomic mass is 9.94. The summed E-state index contributed by atoms with van der Waals surface area (Å²) in [6.45, 7) is 0.708. The van der Waals surface area contributed by atoms with Crippen LogP contribution in [0.15, 0.2) is 12.1 Å². The number of nitrogens with zero attached hydrogens (tertiary/aromatic N) is 1. The number of amides is 1. The summed E-state index contributed by atoms with van der Waals surface area (Å²) in [5.74, 6) is -2.60. The summed E-state index contributed by atoms with van der Waals surface area (Å²) in [6, 6.07) is 2.11. The van der Waals surface area contributed by atoms with Crippen LogP contribution < -0.4 is 14.3 Å². The zero-order valence-corrected chi connectivity index (χ0v) is 12.8. The number of rotatable bonds is 3. The predicted octanol–water partition coefficient (Wildman–Crippen LogP) is -0.645. The lowest BCUT2D eigenvalue weighted by Gasteiger charge is -2.21. The predicted molar refractivity (Wildman–Crippen MR) is 78.4 cm³/mol. The van der Waals surface area contributed by atoms with Gasteiger partial charge in [-0.3, -0.25) is 4.79 Å². The lowest BCUT2D eigenvalue weighted by molar-refractivity contribution is -0.117. The van der Waals surface area contributed by atoms with Crippen LogP contribution in [-0.4, -0.2) is 44.2 Å². The maximum Gasteiger partial charge on any atom is 0.326 e. The first kappa shape index (κ1) is 16.0. The molecule has 126 valence electrons. The zero-order valence-electron chi connectivity index (χ0n) is 12.0. The van der Waals surface area contributed by atoms with E-state index < -0.39 is 46.0 Å². The van der Waals surface area contributed by atoms with Crippen LogP contribution in [0.1, 0.15) is 18.1 Å². The van der Waals surface area contributed by atoms with Crippen LogP contribution in [0.25, 0.3) is 0 Å². The highest BCUT2D eigenvalue weighted by molar-refractivity contribution is 7.92. The maximum absolute atomic E-state index is 14.3. The molecule has 0 aromatic heterocycles. The third-order valence-electron chi connectivity index (χ3n) is 4.02. The molecule has 23 heavy (non-hydrogen) atoms. The van der Waals surface area contributed by atoms with Gasteiger partial charge in [0.05, 0.1) is 6.10 Å². The molecule has 1 amide bonds. The van der Waals surface area contributed by atoms with E-state index >= 15 is 0 Å². The van der Waals surface area contributed by atoms with Crippen molar-refractivity contribution in [3.05, 3.63) is 23.5 Å². The summed E-state index contributed by atoms with van der Waals surface area (Å²) in [5.41, 5.74) is -0.447. The molecule has 0 radical (unpaired) electrons. The van der Waals surface area contributed by atoms with Gasteiger partial charge in [0, 0.05) is 12.5 Å². The van der Waals surface area contributed by atoms with Gasteiger partial charge in [-0.25, -0.2) is 13.4 Å². The number of aliphatic hydroxyl groups excluding tert-OH is 1. The van der Waals surface area contributed by atoms with Gasteiger partial charge in [0.15, 0.2) is 5.82 Å². The second-order valence-electron chi connectivity index (χ2n) is 5.61. The number of hydrogen-bond acceptors (Lipinski definition) is 6. The van der Waals surface area contributed by atoms with E-state index in [0.717, 1.165) is 18.7 Å². The number of aromatic hydroxyl groups is 1. The molecule has 1 aromatic carbocycles. The fourth-order valence-corrected chi connectivity index (χ4v) is 4.06. The number of carbonyl (C=O) groups is 1. The van der Waals surface area contributed by atoms with Crippen molar-refractivity contribution in [2.24, 2.45) is 5.92 Å². The summed E-state index contributed by atoms with van der Waals surface area (Å²) < 4.78 is 40.0. The molecule has 3 rings (SSSR count). The van der Waals surface area contributed by atoms with Crippen molar-refractivity contribution in [2.75, 3.05) is 23.9 Å². The van der Waals surface area contributed by atoms with E-state index in [9.17, 15) is 27.8 Å². The lowest BCUT2D eigenvalue weighted by Crippen LogP contribution is -2.30. The minimum Gasteiger partial charge on any atom is -0.506 e. The first-order valence-electron chi connectivity index (χ1n) is 7.04. The van der Waals surface area contributed by atoms with Gasteiger partial charge in [0.2, 0.25) is 0 Å². The smallest absolute Gasteiger partial charge is 0.326 e. The minimum absolute atomic E-state index is 0.113. The van der Waals surface area contributed by atoms with Crippen LogP contribution in [0, 0.1) is 11.7 Å². The Morgan fingerprint density at radius 1 is 1.39 bits per heavy atom. The average Bonchev–Trinajstić information content (AvgIpc) is 3.05. The Balaban J connectivity index is 1.96. The quantitative estimate of drug-likeness (QED) is 0.578. The average molecular weight is 345 g/mol. The summed E-state index contributed by atoms with van der Waals surface area (Å²) in [5, 5.41) is 23.4. The van der Waals surface area contributed by atoms with Gasteiger partial charge < -0.3 is 15.5 Å². The van der Waals surface area contributed by atoms with Crippen molar-refractivity contribution in [2.45, 2.75) is 12.5 Å². The molecule has 8 nitrogen and oxygen atoms in total. The normalized spacial score (nSPS) is 24.7. The number of benzene rings is 1. The first-order chi connectivity index (χ1) is 10.8. The van der Waals surface area contributed by atoms with E-state index in [1.54, 1.807) is 4.72 Å². The minimum atomic E-state index is -4.22. The van der Waals surface area contributed by atoms with Crippen LogP contribution in [-0.2, 0) is 15.0 Å². The van der Waals surface area contributed by atoms with Gasteiger partial charge in [-0.15, -0.1) is 0 Å². The number of hydrogen-bond donors (Lipinski definition) is 4. The number of carbonyl (C=O) groups excluding carboxylic acids is 1. The van der Waals surface area contributed by atoms with Crippen LogP contribution in [0.2, 0.25) is 0 Å². The number of aliphatic hydroxyl groups is 1. The topological polar surface area (TPSA) is 119 Å². The molecule has 2 aliphatic heterocycles. The van der Waals surface area contributed by atoms with Crippen LogP contribution in [0.4, 0.5) is 10.1 Å². The van der Waals surface area contributed by atoms with Gasteiger partial charge >= 0.3 is 10.2 Å².